The van der Waals surface area contributed by atoms with E-state index in [2.05, 4.69) is 20.6 Å². The van der Waals surface area contributed by atoms with Gasteiger partial charge < -0.3 is 15.4 Å². The van der Waals surface area contributed by atoms with Crippen molar-refractivity contribution in [3.63, 3.8) is 0 Å². The van der Waals surface area contributed by atoms with Crippen LogP contribution in [0.2, 0.25) is 5.02 Å². The van der Waals surface area contributed by atoms with Crippen LogP contribution in [0.1, 0.15) is 12.7 Å². The quantitative estimate of drug-likeness (QED) is 0.854. The minimum Gasteiger partial charge on any atom is -0.374 e. The number of aromatic nitrogens is 2. The molecule has 0 spiro atoms. The van der Waals surface area contributed by atoms with Gasteiger partial charge in [-0.25, -0.2) is 14.4 Å². The summed E-state index contributed by atoms with van der Waals surface area (Å²) in [5, 5.41) is 6.28. The van der Waals surface area contributed by atoms with Crippen LogP contribution in [0.5, 0.6) is 0 Å². The SMILES string of the molecule is CCOCc1nc(NC)cc(Nc2ccc(F)cc2Cl)n1. The van der Waals surface area contributed by atoms with Gasteiger partial charge in [0.1, 0.15) is 24.1 Å². The maximum atomic E-state index is 13.0. The molecule has 0 unspecified atom stereocenters. The van der Waals surface area contributed by atoms with E-state index in [0.717, 1.165) is 0 Å². The zero-order chi connectivity index (χ0) is 15.2. The van der Waals surface area contributed by atoms with Gasteiger partial charge in [0.2, 0.25) is 0 Å². The van der Waals surface area contributed by atoms with Gasteiger partial charge in [-0.3, -0.25) is 0 Å². The fraction of sp³-hybridized carbons (Fsp3) is 0.286. The molecule has 2 N–H and O–H groups in total. The summed E-state index contributed by atoms with van der Waals surface area (Å²) in [5.74, 6) is 1.36. The maximum absolute atomic E-state index is 13.0. The summed E-state index contributed by atoms with van der Waals surface area (Å²) in [7, 11) is 1.77. The van der Waals surface area contributed by atoms with Gasteiger partial charge in [-0.1, -0.05) is 11.6 Å². The van der Waals surface area contributed by atoms with Crippen LogP contribution in [-0.4, -0.2) is 23.6 Å². The van der Waals surface area contributed by atoms with E-state index in [9.17, 15) is 4.39 Å². The lowest BCUT2D eigenvalue weighted by molar-refractivity contribution is 0.128. The number of halogens is 2. The molecule has 0 fully saturated rings. The third-order valence-corrected chi connectivity index (χ3v) is 2.97. The van der Waals surface area contributed by atoms with Crippen LogP contribution in [0.25, 0.3) is 0 Å². The molecule has 0 radical (unpaired) electrons. The first-order chi connectivity index (χ1) is 10.1. The van der Waals surface area contributed by atoms with Crippen molar-refractivity contribution in [2.45, 2.75) is 13.5 Å². The van der Waals surface area contributed by atoms with E-state index in [0.29, 0.717) is 36.4 Å². The van der Waals surface area contributed by atoms with Gasteiger partial charge in [0.15, 0.2) is 5.82 Å². The van der Waals surface area contributed by atoms with Crippen molar-refractivity contribution in [1.82, 2.24) is 9.97 Å². The van der Waals surface area contributed by atoms with Gasteiger partial charge in [0, 0.05) is 19.7 Å². The summed E-state index contributed by atoms with van der Waals surface area (Å²) < 4.78 is 18.4. The molecule has 0 aliphatic heterocycles. The van der Waals surface area contributed by atoms with Gasteiger partial charge in [-0.05, 0) is 25.1 Å². The van der Waals surface area contributed by atoms with Crippen molar-refractivity contribution in [2.24, 2.45) is 0 Å². The number of benzene rings is 1. The lowest BCUT2D eigenvalue weighted by atomic mass is 10.3. The predicted molar refractivity (Wildman–Crippen MR) is 81.6 cm³/mol. The number of rotatable bonds is 6. The molecular weight excluding hydrogens is 295 g/mol. The zero-order valence-corrected chi connectivity index (χ0v) is 12.5. The Morgan fingerprint density at radius 1 is 1.24 bits per heavy atom. The molecule has 0 bridgehead atoms. The van der Waals surface area contributed by atoms with Crippen molar-refractivity contribution < 1.29 is 9.13 Å². The van der Waals surface area contributed by atoms with E-state index in [1.807, 2.05) is 6.92 Å². The third kappa shape index (κ3) is 4.27. The molecule has 112 valence electrons. The summed E-state index contributed by atoms with van der Waals surface area (Å²) in [5.41, 5.74) is 0.571. The molecule has 0 saturated carbocycles. The van der Waals surface area contributed by atoms with E-state index in [1.165, 1.54) is 12.1 Å². The minimum atomic E-state index is -0.388. The largest absolute Gasteiger partial charge is 0.374 e. The van der Waals surface area contributed by atoms with Crippen LogP contribution in [0.3, 0.4) is 0 Å². The molecule has 1 aromatic carbocycles. The number of anilines is 3. The smallest absolute Gasteiger partial charge is 0.158 e. The van der Waals surface area contributed by atoms with E-state index in [4.69, 9.17) is 16.3 Å². The summed E-state index contributed by atoms with van der Waals surface area (Å²) in [6, 6.07) is 5.86. The van der Waals surface area contributed by atoms with E-state index < -0.39 is 0 Å². The minimum absolute atomic E-state index is 0.283. The molecule has 1 aromatic heterocycles. The fourth-order valence-corrected chi connectivity index (χ4v) is 1.89. The second kappa shape index (κ2) is 7.19. The summed E-state index contributed by atoms with van der Waals surface area (Å²) in [6.45, 7) is 2.80. The second-order valence-electron chi connectivity index (χ2n) is 4.19. The summed E-state index contributed by atoms with van der Waals surface area (Å²) in [6.07, 6.45) is 0. The lowest BCUT2D eigenvalue weighted by Crippen LogP contribution is -2.05. The average molecular weight is 311 g/mol. The highest BCUT2D eigenvalue weighted by Crippen LogP contribution is 2.26. The van der Waals surface area contributed by atoms with E-state index in [1.54, 1.807) is 19.2 Å². The number of hydrogen-bond acceptors (Lipinski definition) is 5. The molecule has 21 heavy (non-hydrogen) atoms. The van der Waals surface area contributed by atoms with Crippen LogP contribution in [0.4, 0.5) is 21.7 Å². The highest BCUT2D eigenvalue weighted by molar-refractivity contribution is 6.33. The van der Waals surface area contributed by atoms with Gasteiger partial charge in [-0.15, -0.1) is 0 Å². The molecule has 7 heteroatoms. The molecule has 0 aliphatic rings. The molecule has 2 rings (SSSR count). The first-order valence-electron chi connectivity index (χ1n) is 6.48. The van der Waals surface area contributed by atoms with Crippen molar-refractivity contribution in [1.29, 1.82) is 0 Å². The highest BCUT2D eigenvalue weighted by Gasteiger charge is 2.07. The normalized spacial score (nSPS) is 10.5. The van der Waals surface area contributed by atoms with Crippen molar-refractivity contribution >= 4 is 28.9 Å². The Hall–Kier alpha value is -1.92. The molecular formula is C14H16ClFN4O. The van der Waals surface area contributed by atoms with Crippen molar-refractivity contribution in [3.8, 4) is 0 Å². The highest BCUT2D eigenvalue weighted by atomic mass is 35.5. The summed E-state index contributed by atoms with van der Waals surface area (Å²) >= 11 is 5.99. The Bertz CT molecular complexity index is 624. The maximum Gasteiger partial charge on any atom is 0.158 e. The molecule has 0 saturated heterocycles. The van der Waals surface area contributed by atoms with Crippen molar-refractivity contribution in [2.75, 3.05) is 24.3 Å². The van der Waals surface area contributed by atoms with Crippen LogP contribution in [0.15, 0.2) is 24.3 Å². The van der Waals surface area contributed by atoms with Gasteiger partial charge in [0.05, 0.1) is 10.7 Å². The van der Waals surface area contributed by atoms with Gasteiger partial charge in [-0.2, -0.15) is 0 Å². The fourth-order valence-electron chi connectivity index (χ4n) is 1.68. The van der Waals surface area contributed by atoms with E-state index in [-0.39, 0.29) is 10.8 Å². The third-order valence-electron chi connectivity index (χ3n) is 2.66. The topological polar surface area (TPSA) is 59.1 Å². The number of nitrogens with zero attached hydrogens (tertiary/aromatic N) is 2. The monoisotopic (exact) mass is 310 g/mol. The number of ether oxygens (including phenoxy) is 1. The van der Waals surface area contributed by atoms with Crippen LogP contribution in [0, 0.1) is 5.82 Å². The molecule has 0 aliphatic carbocycles. The van der Waals surface area contributed by atoms with Gasteiger partial charge >= 0.3 is 0 Å². The second-order valence-corrected chi connectivity index (χ2v) is 4.60. The Morgan fingerprint density at radius 3 is 2.67 bits per heavy atom. The average Bonchev–Trinajstić information content (AvgIpc) is 2.48. The lowest BCUT2D eigenvalue weighted by Gasteiger charge is -2.11. The van der Waals surface area contributed by atoms with E-state index >= 15 is 0 Å². The Labute approximate surface area is 127 Å². The van der Waals surface area contributed by atoms with Crippen molar-refractivity contribution in [3.05, 3.63) is 40.9 Å². The Morgan fingerprint density at radius 2 is 2.00 bits per heavy atom. The molecule has 5 nitrogen and oxygen atoms in total. The molecule has 0 amide bonds. The molecule has 1 heterocycles. The molecule has 2 aromatic rings. The predicted octanol–water partition coefficient (Wildman–Crippen LogP) is 3.59. The molecule has 0 atom stereocenters. The Kier molecular flexibility index (Phi) is 5.30. The first kappa shape index (κ1) is 15.5. The van der Waals surface area contributed by atoms with Crippen LogP contribution >= 0.6 is 11.6 Å². The Balaban J connectivity index is 2.25. The number of hydrogen-bond donors (Lipinski definition) is 2. The summed E-state index contributed by atoms with van der Waals surface area (Å²) in [4.78, 5) is 8.63. The zero-order valence-electron chi connectivity index (χ0n) is 11.8. The van der Waals surface area contributed by atoms with Crippen LogP contribution < -0.4 is 10.6 Å². The van der Waals surface area contributed by atoms with Gasteiger partial charge in [0.25, 0.3) is 0 Å². The number of nitrogens with one attached hydrogen (secondary N) is 2. The standard InChI is InChI=1S/C14H16ClFN4O/c1-3-21-8-14-19-12(17-2)7-13(20-14)18-11-5-4-9(16)6-10(11)15/h4-7H,3,8H2,1-2H3,(H2,17,18,19,20). The first-order valence-corrected chi connectivity index (χ1v) is 6.85. The van der Waals surface area contributed by atoms with Crippen LogP contribution in [-0.2, 0) is 11.3 Å².